The Bertz CT molecular complexity index is 654. The van der Waals surface area contributed by atoms with Crippen LogP contribution in [0.15, 0.2) is 24.3 Å². The van der Waals surface area contributed by atoms with Gasteiger partial charge in [0.15, 0.2) is 0 Å². The van der Waals surface area contributed by atoms with Gasteiger partial charge in [0, 0.05) is 12.2 Å². The van der Waals surface area contributed by atoms with E-state index in [2.05, 4.69) is 5.32 Å². The van der Waals surface area contributed by atoms with Crippen LogP contribution in [-0.4, -0.2) is 46.6 Å². The van der Waals surface area contributed by atoms with Gasteiger partial charge in [-0.15, -0.1) is 0 Å². The number of carbonyl (C=O) groups is 4. The van der Waals surface area contributed by atoms with E-state index in [1.54, 1.807) is 12.1 Å². The fraction of sp³-hybridized carbons (Fsp3) is 0.412. The highest BCUT2D eigenvalue weighted by Gasteiger charge is 2.44. The summed E-state index contributed by atoms with van der Waals surface area (Å²) < 4.78 is 0. The predicted octanol–water partition coefficient (Wildman–Crippen LogP) is 1.78. The van der Waals surface area contributed by atoms with E-state index >= 15 is 0 Å². The highest BCUT2D eigenvalue weighted by Crippen LogP contribution is 2.14. The van der Waals surface area contributed by atoms with Crippen LogP contribution in [0.2, 0.25) is 0 Å². The number of hydrogen-bond donors (Lipinski definition) is 1. The normalized spacial score (nSPS) is 14.5. The Morgan fingerprint density at radius 2 is 1.62 bits per heavy atom. The Hall–Kier alpha value is -2.70. The molecular weight excluding hydrogens is 310 g/mol. The number of imide groups is 2. The minimum Gasteiger partial charge on any atom is -0.325 e. The quantitative estimate of drug-likeness (QED) is 0.609. The van der Waals surface area contributed by atoms with E-state index in [9.17, 15) is 19.2 Å². The van der Waals surface area contributed by atoms with Crippen LogP contribution in [0.25, 0.3) is 0 Å². The van der Waals surface area contributed by atoms with Gasteiger partial charge in [0.2, 0.25) is 5.91 Å². The molecule has 1 N–H and O–H groups in total. The average molecular weight is 331 g/mol. The molecule has 1 aliphatic rings. The van der Waals surface area contributed by atoms with Gasteiger partial charge in [-0.05, 0) is 30.5 Å². The first-order chi connectivity index (χ1) is 11.5. The molecule has 0 saturated carbocycles. The number of nitrogens with one attached hydrogen (secondary N) is 1. The molecule has 0 atom stereocenters. The number of amides is 5. The second kappa shape index (κ2) is 7.72. The Labute approximate surface area is 140 Å². The maximum absolute atomic E-state index is 12.1. The number of urea groups is 1. The van der Waals surface area contributed by atoms with Crippen LogP contribution < -0.4 is 5.32 Å². The zero-order valence-electron chi connectivity index (χ0n) is 13.9. The summed E-state index contributed by atoms with van der Waals surface area (Å²) in [5.41, 5.74) is 1.71. The second-order valence-electron chi connectivity index (χ2n) is 5.58. The maximum atomic E-state index is 12.1. The van der Waals surface area contributed by atoms with Crippen molar-refractivity contribution in [3.63, 3.8) is 0 Å². The van der Waals surface area contributed by atoms with E-state index in [1.165, 1.54) is 0 Å². The van der Waals surface area contributed by atoms with Crippen molar-refractivity contribution in [1.29, 1.82) is 0 Å². The fourth-order valence-corrected chi connectivity index (χ4v) is 2.37. The van der Waals surface area contributed by atoms with E-state index in [0.29, 0.717) is 17.0 Å². The molecule has 0 bridgehead atoms. The van der Waals surface area contributed by atoms with Crippen LogP contribution in [0.4, 0.5) is 10.5 Å². The lowest BCUT2D eigenvalue weighted by molar-refractivity contribution is -0.143. The van der Waals surface area contributed by atoms with Crippen molar-refractivity contribution in [2.24, 2.45) is 0 Å². The number of nitrogens with zero attached hydrogens (tertiary/aromatic N) is 2. The van der Waals surface area contributed by atoms with Crippen molar-refractivity contribution >= 4 is 29.4 Å². The predicted molar refractivity (Wildman–Crippen MR) is 88.2 cm³/mol. The summed E-state index contributed by atoms with van der Waals surface area (Å²) in [5, 5.41) is 2.62. The van der Waals surface area contributed by atoms with Gasteiger partial charge in [0.05, 0.1) is 0 Å². The number of rotatable bonds is 7. The summed E-state index contributed by atoms with van der Waals surface area (Å²) in [4.78, 5) is 49.5. The van der Waals surface area contributed by atoms with Crippen molar-refractivity contribution in [2.45, 2.75) is 33.1 Å². The van der Waals surface area contributed by atoms with Crippen LogP contribution >= 0.6 is 0 Å². The van der Waals surface area contributed by atoms with Crippen molar-refractivity contribution in [3.05, 3.63) is 29.8 Å². The van der Waals surface area contributed by atoms with Crippen LogP contribution in [0.3, 0.4) is 0 Å². The topological polar surface area (TPSA) is 86.8 Å². The lowest BCUT2D eigenvalue weighted by Gasteiger charge is -2.15. The first kappa shape index (κ1) is 17.7. The molecule has 1 aromatic rings. The summed E-state index contributed by atoms with van der Waals surface area (Å²) in [6, 6.07) is 6.55. The largest absolute Gasteiger partial charge is 0.334 e. The summed E-state index contributed by atoms with van der Waals surface area (Å²) in [5.74, 6) is -2.34. The van der Waals surface area contributed by atoms with Gasteiger partial charge in [-0.1, -0.05) is 32.4 Å². The molecule has 7 nitrogen and oxygen atoms in total. The molecule has 1 fully saturated rings. The average Bonchev–Trinajstić information content (AvgIpc) is 2.77. The van der Waals surface area contributed by atoms with Crippen LogP contribution in [-0.2, 0) is 20.8 Å². The molecule has 5 amide bonds. The highest BCUT2D eigenvalue weighted by atomic mass is 16.2. The van der Waals surface area contributed by atoms with Gasteiger partial charge in [-0.3, -0.25) is 19.3 Å². The third kappa shape index (κ3) is 3.79. The molecule has 1 aromatic carbocycles. The molecule has 1 aliphatic heterocycles. The van der Waals surface area contributed by atoms with Gasteiger partial charge in [-0.2, -0.15) is 0 Å². The molecular formula is C17H21N3O4. The minimum absolute atomic E-state index is 0.191. The number of anilines is 1. The van der Waals surface area contributed by atoms with Gasteiger partial charge >= 0.3 is 17.8 Å². The Morgan fingerprint density at radius 1 is 1.00 bits per heavy atom. The molecule has 0 unspecified atom stereocenters. The zero-order chi connectivity index (χ0) is 17.7. The standard InChI is InChI=1S/C17H21N3O4/c1-3-5-10-19-15(22)16(23)20(17(19)24)11-14(21)18-13-8-6-12(4-2)7-9-13/h6-9H,3-5,10-11H2,1-2H3,(H,18,21). The summed E-state index contributed by atoms with van der Waals surface area (Å²) in [7, 11) is 0. The summed E-state index contributed by atoms with van der Waals surface area (Å²) >= 11 is 0. The van der Waals surface area contributed by atoms with E-state index in [0.717, 1.165) is 23.3 Å². The number of carbonyl (C=O) groups excluding carboxylic acids is 4. The van der Waals surface area contributed by atoms with Crippen molar-refractivity contribution in [1.82, 2.24) is 9.80 Å². The molecule has 128 valence electrons. The third-order valence-electron chi connectivity index (χ3n) is 3.82. The smallest absolute Gasteiger partial charge is 0.325 e. The molecule has 1 heterocycles. The summed E-state index contributed by atoms with van der Waals surface area (Å²) in [6.45, 7) is 3.67. The number of hydrogen-bond acceptors (Lipinski definition) is 4. The first-order valence-corrected chi connectivity index (χ1v) is 8.04. The number of benzene rings is 1. The highest BCUT2D eigenvalue weighted by molar-refractivity contribution is 6.45. The molecule has 24 heavy (non-hydrogen) atoms. The molecule has 0 radical (unpaired) electrons. The molecule has 0 spiro atoms. The van der Waals surface area contributed by atoms with E-state index in [-0.39, 0.29) is 6.54 Å². The van der Waals surface area contributed by atoms with Crippen molar-refractivity contribution < 1.29 is 19.2 Å². The number of aryl methyl sites for hydroxylation is 1. The van der Waals surface area contributed by atoms with Gasteiger partial charge in [0.25, 0.3) is 0 Å². The Kier molecular flexibility index (Phi) is 5.68. The lowest BCUT2D eigenvalue weighted by atomic mass is 10.1. The molecule has 0 aromatic heterocycles. The SMILES string of the molecule is CCCCN1C(=O)C(=O)N(CC(=O)Nc2ccc(CC)cc2)C1=O. The van der Waals surface area contributed by atoms with E-state index < -0.39 is 30.3 Å². The van der Waals surface area contributed by atoms with Crippen LogP contribution in [0.5, 0.6) is 0 Å². The minimum atomic E-state index is -0.951. The van der Waals surface area contributed by atoms with E-state index in [4.69, 9.17) is 0 Å². The van der Waals surface area contributed by atoms with Crippen molar-refractivity contribution in [3.8, 4) is 0 Å². The Balaban J connectivity index is 1.98. The van der Waals surface area contributed by atoms with Gasteiger partial charge < -0.3 is 5.32 Å². The Morgan fingerprint density at radius 3 is 2.21 bits per heavy atom. The molecule has 0 aliphatic carbocycles. The maximum Gasteiger partial charge on any atom is 0.334 e. The van der Waals surface area contributed by atoms with Gasteiger partial charge in [-0.25, -0.2) is 9.69 Å². The fourth-order valence-electron chi connectivity index (χ4n) is 2.37. The monoisotopic (exact) mass is 331 g/mol. The second-order valence-corrected chi connectivity index (χ2v) is 5.58. The van der Waals surface area contributed by atoms with Crippen LogP contribution in [0, 0.1) is 0 Å². The molecule has 7 heteroatoms. The lowest BCUT2D eigenvalue weighted by Crippen LogP contribution is -2.39. The molecule has 1 saturated heterocycles. The van der Waals surface area contributed by atoms with Gasteiger partial charge in [0.1, 0.15) is 6.54 Å². The first-order valence-electron chi connectivity index (χ1n) is 8.04. The zero-order valence-corrected chi connectivity index (χ0v) is 13.9. The third-order valence-corrected chi connectivity index (χ3v) is 3.82. The van der Waals surface area contributed by atoms with Crippen molar-refractivity contribution in [2.75, 3.05) is 18.4 Å². The molecule has 2 rings (SSSR count). The number of unbranched alkanes of at least 4 members (excludes halogenated alkanes) is 1. The summed E-state index contributed by atoms with van der Waals surface area (Å²) in [6.07, 6.45) is 2.30. The van der Waals surface area contributed by atoms with Crippen LogP contribution in [0.1, 0.15) is 32.3 Å². The van der Waals surface area contributed by atoms with E-state index in [1.807, 2.05) is 26.0 Å².